The summed E-state index contributed by atoms with van der Waals surface area (Å²) in [7, 11) is -3.15. The highest BCUT2D eigenvalue weighted by molar-refractivity contribution is 7.92. The van der Waals surface area contributed by atoms with Crippen molar-refractivity contribution in [1.29, 1.82) is 0 Å². The normalized spacial score (nSPS) is 12.4. The Morgan fingerprint density at radius 2 is 2.00 bits per heavy atom. The third-order valence-corrected chi connectivity index (χ3v) is 5.16. The van der Waals surface area contributed by atoms with E-state index in [1.807, 2.05) is 0 Å². The fourth-order valence-electron chi connectivity index (χ4n) is 1.42. The first-order chi connectivity index (χ1) is 8.63. The van der Waals surface area contributed by atoms with Crippen molar-refractivity contribution in [2.45, 2.75) is 25.1 Å². The molecule has 0 unspecified atom stereocenters. The quantitative estimate of drug-likeness (QED) is 0.632. The minimum atomic E-state index is -3.15. The second-order valence-corrected chi connectivity index (χ2v) is 7.71. The SMILES string of the molecule is CC(C)(CNCc1cccc([N+](=O)[O-])c1)S(C)(=O)=O. The topological polar surface area (TPSA) is 89.3 Å². The van der Waals surface area contributed by atoms with Crippen LogP contribution in [0, 0.1) is 10.1 Å². The Hall–Kier alpha value is -1.47. The van der Waals surface area contributed by atoms with E-state index in [1.165, 1.54) is 18.4 Å². The van der Waals surface area contributed by atoms with Crippen LogP contribution >= 0.6 is 0 Å². The molecule has 106 valence electrons. The largest absolute Gasteiger partial charge is 0.311 e. The second kappa shape index (κ2) is 5.66. The Balaban J connectivity index is 2.64. The summed E-state index contributed by atoms with van der Waals surface area (Å²) in [5, 5.41) is 13.6. The maximum absolute atomic E-state index is 11.5. The number of nitrogens with one attached hydrogen (secondary N) is 1. The average molecular weight is 286 g/mol. The lowest BCUT2D eigenvalue weighted by atomic mass is 10.1. The Bertz CT molecular complexity index is 567. The number of nitro benzene ring substituents is 1. The van der Waals surface area contributed by atoms with E-state index in [-0.39, 0.29) is 12.2 Å². The first-order valence-electron chi connectivity index (χ1n) is 5.77. The summed E-state index contributed by atoms with van der Waals surface area (Å²) in [4.78, 5) is 10.2. The molecule has 1 aromatic carbocycles. The number of non-ortho nitro benzene ring substituents is 1. The Kier molecular flexibility index (Phi) is 4.65. The lowest BCUT2D eigenvalue weighted by Crippen LogP contribution is -2.41. The first-order valence-corrected chi connectivity index (χ1v) is 7.66. The Labute approximate surface area is 112 Å². The molecule has 0 fully saturated rings. The highest BCUT2D eigenvalue weighted by Gasteiger charge is 2.29. The van der Waals surface area contributed by atoms with Gasteiger partial charge in [-0.1, -0.05) is 12.1 Å². The molecule has 7 heteroatoms. The van der Waals surface area contributed by atoms with Gasteiger partial charge in [0.2, 0.25) is 0 Å². The molecule has 0 spiro atoms. The van der Waals surface area contributed by atoms with Crippen molar-refractivity contribution in [1.82, 2.24) is 5.32 Å². The molecule has 0 aliphatic carbocycles. The van der Waals surface area contributed by atoms with E-state index in [0.29, 0.717) is 6.54 Å². The van der Waals surface area contributed by atoms with Gasteiger partial charge in [-0.25, -0.2) is 8.42 Å². The molecule has 0 amide bonds. The number of rotatable bonds is 6. The monoisotopic (exact) mass is 286 g/mol. The van der Waals surface area contributed by atoms with Gasteiger partial charge < -0.3 is 5.32 Å². The maximum atomic E-state index is 11.5. The summed E-state index contributed by atoms with van der Waals surface area (Å²) in [5.74, 6) is 0. The molecule has 0 heterocycles. The molecular formula is C12H18N2O4S. The zero-order valence-corrected chi connectivity index (χ0v) is 12.0. The Morgan fingerprint density at radius 1 is 1.37 bits per heavy atom. The first kappa shape index (κ1) is 15.6. The maximum Gasteiger partial charge on any atom is 0.269 e. The summed E-state index contributed by atoms with van der Waals surface area (Å²) < 4.78 is 22.2. The van der Waals surface area contributed by atoms with Gasteiger partial charge in [0.25, 0.3) is 5.69 Å². The predicted molar refractivity (Wildman–Crippen MR) is 73.7 cm³/mol. The van der Waals surface area contributed by atoms with Gasteiger partial charge in [0.1, 0.15) is 0 Å². The fourth-order valence-corrected chi connectivity index (χ4v) is 1.78. The van der Waals surface area contributed by atoms with Gasteiger partial charge in [0, 0.05) is 31.5 Å². The van der Waals surface area contributed by atoms with Crippen LogP contribution in [-0.2, 0) is 16.4 Å². The number of benzene rings is 1. The molecule has 1 rings (SSSR count). The van der Waals surface area contributed by atoms with Crippen LogP contribution in [0.2, 0.25) is 0 Å². The van der Waals surface area contributed by atoms with Crippen LogP contribution in [0.4, 0.5) is 5.69 Å². The summed E-state index contributed by atoms with van der Waals surface area (Å²) in [6, 6.07) is 6.26. The van der Waals surface area contributed by atoms with Gasteiger partial charge in [-0.05, 0) is 19.4 Å². The van der Waals surface area contributed by atoms with Gasteiger partial charge >= 0.3 is 0 Å². The van der Waals surface area contributed by atoms with Crippen molar-refractivity contribution in [2.75, 3.05) is 12.8 Å². The lowest BCUT2D eigenvalue weighted by molar-refractivity contribution is -0.384. The number of nitrogens with zero attached hydrogens (tertiary/aromatic N) is 1. The van der Waals surface area contributed by atoms with E-state index >= 15 is 0 Å². The van der Waals surface area contributed by atoms with Gasteiger partial charge in [-0.15, -0.1) is 0 Å². The van der Waals surface area contributed by atoms with Crippen molar-refractivity contribution in [3.05, 3.63) is 39.9 Å². The predicted octanol–water partition coefficient (Wildman–Crippen LogP) is 1.51. The summed E-state index contributed by atoms with van der Waals surface area (Å²) in [5.41, 5.74) is 0.778. The summed E-state index contributed by atoms with van der Waals surface area (Å²) >= 11 is 0. The van der Waals surface area contributed by atoms with Crippen molar-refractivity contribution < 1.29 is 13.3 Å². The third kappa shape index (κ3) is 4.29. The van der Waals surface area contributed by atoms with Crippen LogP contribution in [0.5, 0.6) is 0 Å². The average Bonchev–Trinajstić information content (AvgIpc) is 2.27. The van der Waals surface area contributed by atoms with Crippen molar-refractivity contribution >= 4 is 15.5 Å². The van der Waals surface area contributed by atoms with Crippen molar-refractivity contribution in [3.8, 4) is 0 Å². The van der Waals surface area contributed by atoms with Crippen molar-refractivity contribution in [3.63, 3.8) is 0 Å². The molecule has 0 saturated carbocycles. The molecule has 0 atom stereocenters. The zero-order valence-electron chi connectivity index (χ0n) is 11.2. The van der Waals surface area contributed by atoms with Crippen LogP contribution in [-0.4, -0.2) is 30.9 Å². The number of nitro groups is 1. The van der Waals surface area contributed by atoms with Gasteiger partial charge in [0.05, 0.1) is 9.67 Å². The smallest absolute Gasteiger partial charge is 0.269 e. The standard InChI is InChI=1S/C12H18N2O4S/c1-12(2,19(3,17)18)9-13-8-10-5-4-6-11(7-10)14(15)16/h4-7,13H,8-9H2,1-3H3. The van der Waals surface area contributed by atoms with E-state index in [0.717, 1.165) is 5.56 Å². The van der Waals surface area contributed by atoms with E-state index < -0.39 is 19.5 Å². The zero-order chi connectivity index (χ0) is 14.7. The number of hydrogen-bond acceptors (Lipinski definition) is 5. The van der Waals surface area contributed by atoms with Gasteiger partial charge in [0.15, 0.2) is 9.84 Å². The van der Waals surface area contributed by atoms with E-state index in [4.69, 9.17) is 0 Å². The second-order valence-electron chi connectivity index (χ2n) is 5.06. The minimum Gasteiger partial charge on any atom is -0.311 e. The van der Waals surface area contributed by atoms with E-state index in [9.17, 15) is 18.5 Å². The summed E-state index contributed by atoms with van der Waals surface area (Å²) in [6.45, 7) is 3.96. The van der Waals surface area contributed by atoms with Gasteiger partial charge in [-0.3, -0.25) is 10.1 Å². The lowest BCUT2D eigenvalue weighted by Gasteiger charge is -2.22. The molecule has 0 aliphatic rings. The molecule has 1 aromatic rings. The van der Waals surface area contributed by atoms with E-state index in [1.54, 1.807) is 26.0 Å². The highest BCUT2D eigenvalue weighted by atomic mass is 32.2. The molecule has 19 heavy (non-hydrogen) atoms. The number of sulfone groups is 1. The molecule has 0 bridgehead atoms. The van der Waals surface area contributed by atoms with Crippen LogP contribution < -0.4 is 5.32 Å². The highest BCUT2D eigenvalue weighted by Crippen LogP contribution is 2.15. The number of hydrogen-bond donors (Lipinski definition) is 1. The molecule has 0 saturated heterocycles. The Morgan fingerprint density at radius 3 is 2.53 bits per heavy atom. The minimum absolute atomic E-state index is 0.0293. The van der Waals surface area contributed by atoms with Crippen LogP contribution in [0.15, 0.2) is 24.3 Å². The van der Waals surface area contributed by atoms with Crippen LogP contribution in [0.1, 0.15) is 19.4 Å². The molecule has 1 N–H and O–H groups in total. The molecular weight excluding hydrogens is 268 g/mol. The molecule has 0 aliphatic heterocycles. The molecule has 6 nitrogen and oxygen atoms in total. The summed E-state index contributed by atoms with van der Waals surface area (Å²) in [6.07, 6.45) is 1.20. The van der Waals surface area contributed by atoms with Crippen LogP contribution in [0.3, 0.4) is 0 Å². The van der Waals surface area contributed by atoms with E-state index in [2.05, 4.69) is 5.32 Å². The third-order valence-electron chi connectivity index (χ3n) is 3.01. The van der Waals surface area contributed by atoms with Gasteiger partial charge in [-0.2, -0.15) is 0 Å². The van der Waals surface area contributed by atoms with Crippen molar-refractivity contribution in [2.24, 2.45) is 0 Å². The molecule has 0 aromatic heterocycles. The fraction of sp³-hybridized carbons (Fsp3) is 0.500. The molecule has 0 radical (unpaired) electrons. The van der Waals surface area contributed by atoms with Crippen LogP contribution in [0.25, 0.3) is 0 Å².